The van der Waals surface area contributed by atoms with Crippen LogP contribution >= 0.6 is 0 Å². The van der Waals surface area contributed by atoms with Gasteiger partial charge in [0.2, 0.25) is 0 Å². The number of morpholine rings is 1. The summed E-state index contributed by atoms with van der Waals surface area (Å²) in [6.07, 6.45) is 1.37. The van der Waals surface area contributed by atoms with Gasteiger partial charge < -0.3 is 15.0 Å². The van der Waals surface area contributed by atoms with Crippen LogP contribution in [0.5, 0.6) is 0 Å². The average molecular weight is 354 g/mol. The molecule has 1 aliphatic rings. The van der Waals surface area contributed by atoms with Gasteiger partial charge in [0.15, 0.2) is 0 Å². The summed E-state index contributed by atoms with van der Waals surface area (Å²) in [6.45, 7) is 1.72. The van der Waals surface area contributed by atoms with Gasteiger partial charge in [0.1, 0.15) is 11.5 Å². The van der Waals surface area contributed by atoms with Crippen molar-refractivity contribution in [3.05, 3.63) is 77.2 Å². The van der Waals surface area contributed by atoms with Crippen LogP contribution < -0.4 is 5.32 Å². The van der Waals surface area contributed by atoms with Crippen molar-refractivity contribution in [2.75, 3.05) is 26.3 Å². The molecule has 2 aromatic rings. The highest BCUT2D eigenvalue weighted by Gasteiger charge is 2.23. The number of carbonyl (C=O) groups is 2. The van der Waals surface area contributed by atoms with Gasteiger partial charge in [-0.1, -0.05) is 36.4 Å². The molecule has 3 rings (SSSR count). The van der Waals surface area contributed by atoms with Gasteiger partial charge in [0.25, 0.3) is 11.8 Å². The summed E-state index contributed by atoms with van der Waals surface area (Å²) >= 11 is 0. The lowest BCUT2D eigenvalue weighted by molar-refractivity contribution is -0.131. The maximum absolute atomic E-state index is 14.0. The van der Waals surface area contributed by atoms with Gasteiger partial charge in [-0.15, -0.1) is 0 Å². The molecule has 0 bridgehead atoms. The Kier molecular flexibility index (Phi) is 5.76. The molecule has 1 N–H and O–H groups in total. The van der Waals surface area contributed by atoms with E-state index in [1.807, 2.05) is 0 Å². The van der Waals surface area contributed by atoms with Crippen LogP contribution in [-0.4, -0.2) is 43.0 Å². The zero-order valence-corrected chi connectivity index (χ0v) is 14.2. The minimum Gasteiger partial charge on any atom is -0.378 e. The summed E-state index contributed by atoms with van der Waals surface area (Å²) in [4.78, 5) is 26.9. The number of amides is 2. The molecule has 26 heavy (non-hydrogen) atoms. The zero-order valence-electron chi connectivity index (χ0n) is 14.2. The van der Waals surface area contributed by atoms with Gasteiger partial charge in [-0.3, -0.25) is 9.59 Å². The minimum absolute atomic E-state index is 0.0332. The third-order valence-corrected chi connectivity index (χ3v) is 4.02. The summed E-state index contributed by atoms with van der Waals surface area (Å²) in [6, 6.07) is 14.7. The topological polar surface area (TPSA) is 58.6 Å². The zero-order chi connectivity index (χ0) is 18.4. The van der Waals surface area contributed by atoms with E-state index in [-0.39, 0.29) is 17.2 Å². The first-order valence-corrected chi connectivity index (χ1v) is 8.35. The number of hydrogen-bond donors (Lipinski definition) is 1. The van der Waals surface area contributed by atoms with Crippen LogP contribution in [0.1, 0.15) is 15.9 Å². The largest absolute Gasteiger partial charge is 0.378 e. The predicted molar refractivity (Wildman–Crippen MR) is 95.7 cm³/mol. The number of nitrogens with one attached hydrogen (secondary N) is 1. The van der Waals surface area contributed by atoms with E-state index in [2.05, 4.69) is 5.32 Å². The van der Waals surface area contributed by atoms with E-state index in [0.717, 1.165) is 0 Å². The fraction of sp³-hybridized carbons (Fsp3) is 0.200. The second-order valence-corrected chi connectivity index (χ2v) is 5.80. The first-order chi connectivity index (χ1) is 12.6. The highest BCUT2D eigenvalue weighted by Crippen LogP contribution is 2.13. The molecule has 0 radical (unpaired) electrons. The summed E-state index contributed by atoms with van der Waals surface area (Å²) < 4.78 is 19.3. The van der Waals surface area contributed by atoms with E-state index in [4.69, 9.17) is 4.74 Å². The van der Waals surface area contributed by atoms with Crippen molar-refractivity contribution in [1.29, 1.82) is 0 Å². The number of hydrogen-bond acceptors (Lipinski definition) is 3. The second-order valence-electron chi connectivity index (χ2n) is 5.80. The van der Waals surface area contributed by atoms with E-state index in [0.29, 0.717) is 31.9 Å². The maximum atomic E-state index is 14.0. The molecule has 2 amide bonds. The molecular formula is C20H19FN2O3. The van der Waals surface area contributed by atoms with Crippen LogP contribution in [-0.2, 0) is 9.53 Å². The molecule has 1 aliphatic heterocycles. The Bertz CT molecular complexity index is 815. The van der Waals surface area contributed by atoms with Crippen LogP contribution in [0.2, 0.25) is 0 Å². The van der Waals surface area contributed by atoms with Crippen LogP contribution in [0.3, 0.4) is 0 Å². The normalized spacial score (nSPS) is 14.8. The molecule has 0 atom stereocenters. The van der Waals surface area contributed by atoms with Crippen LogP contribution in [0.15, 0.2) is 60.3 Å². The van der Waals surface area contributed by atoms with Crippen LogP contribution in [0.4, 0.5) is 4.39 Å². The number of nitrogens with zero attached hydrogens (tertiary/aromatic N) is 1. The molecule has 6 heteroatoms. The number of carbonyl (C=O) groups excluding carboxylic acids is 2. The van der Waals surface area contributed by atoms with E-state index in [1.165, 1.54) is 12.1 Å². The van der Waals surface area contributed by atoms with Crippen molar-refractivity contribution >= 4 is 17.9 Å². The Labute approximate surface area is 151 Å². The Hall–Kier alpha value is -2.99. The molecule has 0 saturated carbocycles. The van der Waals surface area contributed by atoms with Crippen LogP contribution in [0.25, 0.3) is 6.08 Å². The summed E-state index contributed by atoms with van der Waals surface area (Å²) in [5.74, 6) is -1.25. The Morgan fingerprint density at radius 1 is 1.00 bits per heavy atom. The van der Waals surface area contributed by atoms with Crippen molar-refractivity contribution in [2.24, 2.45) is 0 Å². The van der Waals surface area contributed by atoms with E-state index < -0.39 is 11.7 Å². The fourth-order valence-corrected chi connectivity index (χ4v) is 2.62. The number of halogens is 1. The Morgan fingerprint density at radius 2 is 1.65 bits per heavy atom. The van der Waals surface area contributed by atoms with Gasteiger partial charge in [-0.05, 0) is 24.3 Å². The Balaban J connectivity index is 1.89. The molecule has 0 unspecified atom stereocenters. The lowest BCUT2D eigenvalue weighted by Crippen LogP contribution is -2.44. The predicted octanol–water partition coefficient (Wildman–Crippen LogP) is 2.46. The molecule has 1 heterocycles. The number of ether oxygens (including phenoxy) is 1. The lowest BCUT2D eigenvalue weighted by atomic mass is 10.1. The quantitative estimate of drug-likeness (QED) is 0.858. The molecule has 0 aliphatic carbocycles. The van der Waals surface area contributed by atoms with Crippen LogP contribution in [0, 0.1) is 5.82 Å². The summed E-state index contributed by atoms with van der Waals surface area (Å²) in [5.41, 5.74) is 0.685. The molecule has 134 valence electrons. The second kappa shape index (κ2) is 8.40. The number of rotatable bonds is 4. The third kappa shape index (κ3) is 4.34. The van der Waals surface area contributed by atoms with E-state index >= 15 is 0 Å². The van der Waals surface area contributed by atoms with Gasteiger partial charge in [-0.25, -0.2) is 4.39 Å². The van der Waals surface area contributed by atoms with Crippen molar-refractivity contribution in [3.8, 4) is 0 Å². The van der Waals surface area contributed by atoms with Gasteiger partial charge >= 0.3 is 0 Å². The monoisotopic (exact) mass is 354 g/mol. The minimum atomic E-state index is -0.464. The molecule has 5 nitrogen and oxygen atoms in total. The molecular weight excluding hydrogens is 335 g/mol. The van der Waals surface area contributed by atoms with Crippen molar-refractivity contribution < 1.29 is 18.7 Å². The lowest BCUT2D eigenvalue weighted by Gasteiger charge is -2.27. The smallest absolute Gasteiger partial charge is 0.270 e. The van der Waals surface area contributed by atoms with Gasteiger partial charge in [0, 0.05) is 24.2 Å². The Morgan fingerprint density at radius 3 is 2.35 bits per heavy atom. The summed E-state index contributed by atoms with van der Waals surface area (Å²) in [7, 11) is 0. The summed E-state index contributed by atoms with van der Waals surface area (Å²) in [5, 5.41) is 2.63. The number of benzene rings is 2. The molecule has 0 spiro atoms. The average Bonchev–Trinajstić information content (AvgIpc) is 2.70. The third-order valence-electron chi connectivity index (χ3n) is 4.02. The first kappa shape index (κ1) is 17.8. The first-order valence-electron chi connectivity index (χ1n) is 8.35. The highest BCUT2D eigenvalue weighted by atomic mass is 19.1. The molecule has 1 saturated heterocycles. The van der Waals surface area contributed by atoms with Gasteiger partial charge in [0.05, 0.1) is 13.2 Å². The van der Waals surface area contributed by atoms with Crippen molar-refractivity contribution in [2.45, 2.75) is 0 Å². The molecule has 0 aromatic heterocycles. The van der Waals surface area contributed by atoms with Crippen molar-refractivity contribution in [1.82, 2.24) is 10.2 Å². The van der Waals surface area contributed by atoms with Crippen molar-refractivity contribution in [3.63, 3.8) is 0 Å². The SMILES string of the molecule is O=C(N/C(=C/c1ccccc1F)C(=O)N1CCOCC1)c1ccccc1. The van der Waals surface area contributed by atoms with E-state index in [9.17, 15) is 14.0 Å². The molecule has 1 fully saturated rings. The fourth-order valence-electron chi connectivity index (χ4n) is 2.62. The standard InChI is InChI=1S/C20H19FN2O3/c21-17-9-5-4-8-16(17)14-18(20(25)23-10-12-26-13-11-23)22-19(24)15-6-2-1-3-7-15/h1-9,14H,10-13H2,(H,22,24)/b18-14+. The molecule has 2 aromatic carbocycles. The maximum Gasteiger partial charge on any atom is 0.270 e. The van der Waals surface area contributed by atoms with Gasteiger partial charge in [-0.2, -0.15) is 0 Å². The highest BCUT2D eigenvalue weighted by molar-refractivity contribution is 6.05. The van der Waals surface area contributed by atoms with E-state index in [1.54, 1.807) is 53.4 Å².